The molecule has 2 aromatic rings. The first-order valence-corrected chi connectivity index (χ1v) is 7.59. The average Bonchev–Trinajstić information content (AvgIpc) is 2.55. The van der Waals surface area contributed by atoms with Gasteiger partial charge in [-0.05, 0) is 30.7 Å². The number of esters is 1. The summed E-state index contributed by atoms with van der Waals surface area (Å²) in [6.45, 7) is 1.37. The molecule has 0 unspecified atom stereocenters. The van der Waals surface area contributed by atoms with Gasteiger partial charge in [-0.1, -0.05) is 29.3 Å². The molecule has 0 bridgehead atoms. The number of amides is 1. The molecule has 0 fully saturated rings. The zero-order valence-corrected chi connectivity index (χ0v) is 14.4. The van der Waals surface area contributed by atoms with E-state index in [2.05, 4.69) is 10.3 Å². The Morgan fingerprint density at radius 1 is 1.25 bits per heavy atom. The van der Waals surface area contributed by atoms with Gasteiger partial charge in [-0.15, -0.1) is 0 Å². The molecule has 0 aliphatic rings. The third-order valence-electron chi connectivity index (χ3n) is 3.04. The normalized spacial score (nSPS) is 10.2. The molecule has 0 radical (unpaired) electrons. The minimum absolute atomic E-state index is 0.138. The molecule has 0 atom stereocenters. The van der Waals surface area contributed by atoms with Crippen LogP contribution in [0.4, 0.5) is 5.82 Å². The number of benzene rings is 1. The Bertz CT molecular complexity index is 781. The Morgan fingerprint density at radius 2 is 2.00 bits per heavy atom. The third-order valence-corrected chi connectivity index (χ3v) is 3.54. The van der Waals surface area contributed by atoms with Crippen LogP contribution in [0.3, 0.4) is 0 Å². The van der Waals surface area contributed by atoms with E-state index in [1.807, 2.05) is 6.92 Å². The van der Waals surface area contributed by atoms with Gasteiger partial charge in [-0.25, -0.2) is 9.78 Å². The first-order valence-electron chi connectivity index (χ1n) is 6.83. The fourth-order valence-corrected chi connectivity index (χ4v) is 2.26. The molecule has 0 aliphatic carbocycles. The monoisotopic (exact) mass is 368 g/mol. The number of methoxy groups -OCH3 is 1. The molecule has 1 heterocycles. The second-order valence-electron chi connectivity index (χ2n) is 4.79. The lowest BCUT2D eigenvalue weighted by molar-refractivity contribution is -0.119. The molecule has 1 amide bonds. The molecule has 0 saturated heterocycles. The molecule has 0 aliphatic heterocycles. The minimum atomic E-state index is -0.640. The summed E-state index contributed by atoms with van der Waals surface area (Å²) in [5, 5.41) is 2.96. The van der Waals surface area contributed by atoms with E-state index < -0.39 is 18.5 Å². The second-order valence-corrected chi connectivity index (χ2v) is 5.64. The van der Waals surface area contributed by atoms with Crippen LogP contribution in [-0.4, -0.2) is 30.6 Å². The number of anilines is 1. The number of halogens is 2. The highest BCUT2D eigenvalue weighted by molar-refractivity contribution is 6.36. The maximum Gasteiger partial charge on any atom is 0.338 e. The van der Waals surface area contributed by atoms with Crippen LogP contribution in [0.2, 0.25) is 10.0 Å². The van der Waals surface area contributed by atoms with Gasteiger partial charge in [0.25, 0.3) is 5.91 Å². The number of carbonyl (C=O) groups excluding carboxylic acids is 2. The summed E-state index contributed by atoms with van der Waals surface area (Å²) in [5.41, 5.74) is 1.17. The van der Waals surface area contributed by atoms with Gasteiger partial charge in [-0.2, -0.15) is 0 Å². The van der Waals surface area contributed by atoms with Gasteiger partial charge in [0.15, 0.2) is 12.4 Å². The van der Waals surface area contributed by atoms with Gasteiger partial charge in [-0.3, -0.25) is 4.79 Å². The van der Waals surface area contributed by atoms with Crippen molar-refractivity contribution in [3.05, 3.63) is 51.6 Å². The molecular formula is C16H14Cl2N2O4. The standard InChI is InChI=1S/C16H14Cl2N2O4/c1-9-3-4-10(5-13(9)23-2)16(22)24-8-14(21)20-15-12(18)6-11(17)7-19-15/h3-7H,8H2,1-2H3,(H,19,20,21). The molecule has 24 heavy (non-hydrogen) atoms. The number of aromatic nitrogens is 1. The maximum absolute atomic E-state index is 12.0. The smallest absolute Gasteiger partial charge is 0.338 e. The van der Waals surface area contributed by atoms with E-state index in [0.29, 0.717) is 10.8 Å². The Hall–Kier alpha value is -2.31. The average molecular weight is 369 g/mol. The maximum atomic E-state index is 12.0. The van der Waals surface area contributed by atoms with Crippen molar-refractivity contribution in [3.63, 3.8) is 0 Å². The highest BCUT2D eigenvalue weighted by Gasteiger charge is 2.13. The molecule has 6 nitrogen and oxygen atoms in total. The lowest BCUT2D eigenvalue weighted by Crippen LogP contribution is -2.21. The third kappa shape index (κ3) is 4.59. The zero-order chi connectivity index (χ0) is 17.7. The van der Waals surface area contributed by atoms with Crippen LogP contribution in [0, 0.1) is 6.92 Å². The van der Waals surface area contributed by atoms with Gasteiger partial charge in [0.1, 0.15) is 5.75 Å². The molecule has 1 N–H and O–H groups in total. The Labute approximate surface area is 148 Å². The fraction of sp³-hybridized carbons (Fsp3) is 0.188. The molecule has 126 valence electrons. The van der Waals surface area contributed by atoms with Gasteiger partial charge in [0.2, 0.25) is 0 Å². The fourth-order valence-electron chi connectivity index (χ4n) is 1.84. The lowest BCUT2D eigenvalue weighted by Gasteiger charge is -2.09. The molecule has 2 rings (SSSR count). The number of nitrogens with zero attached hydrogens (tertiary/aromatic N) is 1. The van der Waals surface area contributed by atoms with Crippen molar-refractivity contribution in [2.45, 2.75) is 6.92 Å². The van der Waals surface area contributed by atoms with E-state index in [-0.39, 0.29) is 16.4 Å². The van der Waals surface area contributed by atoms with Crippen LogP contribution >= 0.6 is 23.2 Å². The number of aryl methyl sites for hydroxylation is 1. The Balaban J connectivity index is 1.95. The summed E-state index contributed by atoms with van der Waals surface area (Å²) >= 11 is 11.6. The Kier molecular flexibility index (Phi) is 6.00. The van der Waals surface area contributed by atoms with E-state index >= 15 is 0 Å². The number of carbonyl (C=O) groups is 2. The van der Waals surface area contributed by atoms with Crippen molar-refractivity contribution >= 4 is 40.9 Å². The van der Waals surface area contributed by atoms with E-state index in [1.165, 1.54) is 19.4 Å². The first kappa shape index (κ1) is 18.0. The molecule has 0 saturated carbocycles. The molecule has 0 spiro atoms. The summed E-state index contributed by atoms with van der Waals surface area (Å²) in [4.78, 5) is 27.7. The van der Waals surface area contributed by atoms with E-state index in [0.717, 1.165) is 5.56 Å². The molecule has 8 heteroatoms. The summed E-state index contributed by atoms with van der Waals surface area (Å²) in [6.07, 6.45) is 1.34. The SMILES string of the molecule is COc1cc(C(=O)OCC(=O)Nc2ncc(Cl)cc2Cl)ccc1C. The van der Waals surface area contributed by atoms with Crippen molar-refractivity contribution in [2.75, 3.05) is 19.0 Å². The molecule has 1 aromatic heterocycles. The summed E-state index contributed by atoms with van der Waals surface area (Å²) < 4.78 is 10.1. The number of hydrogen-bond donors (Lipinski definition) is 1. The van der Waals surface area contributed by atoms with Crippen LogP contribution in [0.25, 0.3) is 0 Å². The van der Waals surface area contributed by atoms with Crippen LogP contribution in [0.1, 0.15) is 15.9 Å². The van der Waals surface area contributed by atoms with Crippen molar-refractivity contribution in [1.82, 2.24) is 4.98 Å². The zero-order valence-electron chi connectivity index (χ0n) is 12.9. The van der Waals surface area contributed by atoms with Crippen molar-refractivity contribution in [2.24, 2.45) is 0 Å². The highest BCUT2D eigenvalue weighted by atomic mass is 35.5. The van der Waals surface area contributed by atoms with Crippen molar-refractivity contribution in [3.8, 4) is 5.75 Å². The summed E-state index contributed by atoms with van der Waals surface area (Å²) in [7, 11) is 1.51. The molecule has 1 aromatic carbocycles. The summed E-state index contributed by atoms with van der Waals surface area (Å²) in [6, 6.07) is 6.31. The van der Waals surface area contributed by atoms with Crippen LogP contribution in [-0.2, 0) is 9.53 Å². The largest absolute Gasteiger partial charge is 0.496 e. The second kappa shape index (κ2) is 7.99. The minimum Gasteiger partial charge on any atom is -0.496 e. The number of rotatable bonds is 5. The number of pyridine rings is 1. The van der Waals surface area contributed by atoms with Gasteiger partial charge >= 0.3 is 5.97 Å². The van der Waals surface area contributed by atoms with Crippen LogP contribution < -0.4 is 10.1 Å². The number of hydrogen-bond acceptors (Lipinski definition) is 5. The number of ether oxygens (including phenoxy) is 2. The van der Waals surface area contributed by atoms with Gasteiger partial charge < -0.3 is 14.8 Å². The first-order chi connectivity index (χ1) is 11.4. The highest BCUT2D eigenvalue weighted by Crippen LogP contribution is 2.22. The Morgan fingerprint density at radius 3 is 2.67 bits per heavy atom. The predicted octanol–water partition coefficient (Wildman–Crippen LogP) is 3.50. The van der Waals surface area contributed by atoms with Crippen LogP contribution in [0.5, 0.6) is 5.75 Å². The number of nitrogens with one attached hydrogen (secondary N) is 1. The van der Waals surface area contributed by atoms with Crippen molar-refractivity contribution in [1.29, 1.82) is 0 Å². The quantitative estimate of drug-likeness (QED) is 0.817. The molecular weight excluding hydrogens is 355 g/mol. The van der Waals surface area contributed by atoms with E-state index in [1.54, 1.807) is 18.2 Å². The predicted molar refractivity (Wildman–Crippen MR) is 90.9 cm³/mol. The summed E-state index contributed by atoms with van der Waals surface area (Å²) in [5.74, 6) is -0.511. The van der Waals surface area contributed by atoms with Crippen LogP contribution in [0.15, 0.2) is 30.5 Å². The van der Waals surface area contributed by atoms with Crippen molar-refractivity contribution < 1.29 is 19.1 Å². The van der Waals surface area contributed by atoms with E-state index in [4.69, 9.17) is 32.7 Å². The topological polar surface area (TPSA) is 77.5 Å². The van der Waals surface area contributed by atoms with Gasteiger partial charge in [0, 0.05) is 6.20 Å². The van der Waals surface area contributed by atoms with E-state index in [9.17, 15) is 9.59 Å². The van der Waals surface area contributed by atoms with Gasteiger partial charge in [0.05, 0.1) is 22.7 Å². The lowest BCUT2D eigenvalue weighted by atomic mass is 10.1.